The molecule has 4 aliphatic rings. The first-order chi connectivity index (χ1) is 23.8. The van der Waals surface area contributed by atoms with Gasteiger partial charge >= 0.3 is 7.12 Å². The fourth-order valence-corrected chi connectivity index (χ4v) is 8.64. The van der Waals surface area contributed by atoms with Crippen LogP contribution in [0.5, 0.6) is 5.75 Å². The number of pyridine rings is 1. The number of likely N-dealkylation sites (tertiary alicyclic amines) is 2. The van der Waals surface area contributed by atoms with Gasteiger partial charge in [-0.1, -0.05) is 48.0 Å². The zero-order chi connectivity index (χ0) is 34.1. The molecule has 0 radical (unpaired) electrons. The van der Waals surface area contributed by atoms with E-state index in [1.54, 1.807) is 18.3 Å². The zero-order valence-corrected chi connectivity index (χ0v) is 28.1. The molecule has 254 valence electrons. The molecule has 0 saturated carbocycles. The first-order valence-corrected chi connectivity index (χ1v) is 17.6. The highest BCUT2D eigenvalue weighted by molar-refractivity contribution is 6.43. The van der Waals surface area contributed by atoms with Crippen LogP contribution in [0, 0.1) is 17.8 Å². The van der Waals surface area contributed by atoms with E-state index in [0.29, 0.717) is 24.3 Å². The average molecular weight is 682 g/mol. The van der Waals surface area contributed by atoms with E-state index in [1.807, 2.05) is 42.5 Å². The number of aromatic nitrogens is 1. The predicted octanol–water partition coefficient (Wildman–Crippen LogP) is 5.22. The van der Waals surface area contributed by atoms with Gasteiger partial charge in [-0.15, -0.1) is 0 Å². The summed E-state index contributed by atoms with van der Waals surface area (Å²) in [5.74, 6) is -1.75. The molecule has 49 heavy (non-hydrogen) atoms. The predicted molar refractivity (Wildman–Crippen MR) is 188 cm³/mol. The van der Waals surface area contributed by atoms with Crippen LogP contribution in [0.4, 0.5) is 0 Å². The van der Waals surface area contributed by atoms with Gasteiger partial charge in [-0.3, -0.25) is 24.4 Å². The third-order valence-corrected chi connectivity index (χ3v) is 11.0. The molecule has 2 aromatic carbocycles. The van der Waals surface area contributed by atoms with E-state index >= 15 is 0 Å². The van der Waals surface area contributed by atoms with Crippen LogP contribution >= 0.6 is 11.6 Å². The van der Waals surface area contributed by atoms with E-state index in [9.17, 15) is 24.8 Å². The number of carbonyl (C=O) groups excluding carboxylic acids is 2. The fourth-order valence-electron chi connectivity index (χ4n) is 8.41. The van der Waals surface area contributed by atoms with Crippen LogP contribution in [0.2, 0.25) is 11.3 Å². The number of phenolic OH excluding ortho intramolecular Hbond substituents is 1. The molecule has 0 spiro atoms. The fraction of sp³-hybridized carbons (Fsp3) is 0.395. The number of nitrogens with zero attached hydrogens (tertiary/aromatic N) is 3. The number of allylic oxidation sites excluding steroid dienone is 1. The molecule has 4 atom stereocenters. The summed E-state index contributed by atoms with van der Waals surface area (Å²) >= 11 is 6.46. The van der Waals surface area contributed by atoms with Gasteiger partial charge in [0.15, 0.2) is 0 Å². The summed E-state index contributed by atoms with van der Waals surface area (Å²) in [4.78, 5) is 36.7. The summed E-state index contributed by atoms with van der Waals surface area (Å²) in [7, 11) is -1.11. The molecular formula is C38H41BClN3O6. The van der Waals surface area contributed by atoms with Crippen molar-refractivity contribution in [1.82, 2.24) is 14.8 Å². The van der Waals surface area contributed by atoms with Gasteiger partial charge in [0, 0.05) is 31.9 Å². The highest BCUT2D eigenvalue weighted by Crippen LogP contribution is 2.51. The normalized spacial score (nSPS) is 25.2. The second-order valence-corrected chi connectivity index (χ2v) is 14.1. The Kier molecular flexibility index (Phi) is 10.0. The molecule has 3 saturated heterocycles. The van der Waals surface area contributed by atoms with E-state index in [1.165, 1.54) is 16.5 Å². The molecule has 7 rings (SSSR count). The number of benzene rings is 2. The van der Waals surface area contributed by atoms with Crippen LogP contribution in [0.3, 0.4) is 0 Å². The van der Waals surface area contributed by atoms with Crippen molar-refractivity contribution in [1.29, 1.82) is 0 Å². The molecule has 3 aromatic rings. The van der Waals surface area contributed by atoms with Crippen LogP contribution < -0.4 is 0 Å². The van der Waals surface area contributed by atoms with Crippen LogP contribution in [-0.2, 0) is 20.8 Å². The van der Waals surface area contributed by atoms with Gasteiger partial charge in [-0.25, -0.2) is 0 Å². The summed E-state index contributed by atoms with van der Waals surface area (Å²) < 4.78 is 6.14. The van der Waals surface area contributed by atoms with E-state index in [0.717, 1.165) is 60.5 Å². The molecule has 3 aliphatic heterocycles. The summed E-state index contributed by atoms with van der Waals surface area (Å²) in [6.07, 6.45) is 6.00. The Hall–Kier alpha value is -3.80. The Morgan fingerprint density at radius 2 is 1.80 bits per heavy atom. The number of amides is 2. The zero-order valence-electron chi connectivity index (χ0n) is 27.3. The van der Waals surface area contributed by atoms with Crippen molar-refractivity contribution in [2.24, 2.45) is 17.8 Å². The lowest BCUT2D eigenvalue weighted by atomic mass is 9.58. The number of carbonyl (C=O) groups is 2. The molecule has 9 nitrogen and oxygen atoms in total. The number of fused-ring (bicyclic) bond motifs is 3. The van der Waals surface area contributed by atoms with Gasteiger partial charge in [-0.2, -0.15) is 0 Å². The van der Waals surface area contributed by atoms with E-state index in [4.69, 9.17) is 16.3 Å². The van der Waals surface area contributed by atoms with Crippen molar-refractivity contribution >= 4 is 42.2 Å². The van der Waals surface area contributed by atoms with Crippen LogP contribution in [-0.4, -0.2) is 80.8 Å². The Bertz CT molecular complexity index is 1750. The molecule has 0 unspecified atom stereocenters. The number of aromatic hydroxyl groups is 1. The summed E-state index contributed by atoms with van der Waals surface area (Å²) in [6.45, 7) is 2.21. The van der Waals surface area contributed by atoms with Crippen molar-refractivity contribution in [3.8, 4) is 5.75 Å². The number of imide groups is 1. The first kappa shape index (κ1) is 33.7. The molecule has 11 heteroatoms. The quantitative estimate of drug-likeness (QED) is 0.160. The molecule has 2 amide bonds. The second kappa shape index (κ2) is 14.6. The molecule has 4 heterocycles. The number of halogens is 1. The Morgan fingerprint density at radius 3 is 2.51 bits per heavy atom. The van der Waals surface area contributed by atoms with Crippen molar-refractivity contribution < 1.29 is 29.5 Å². The Balaban J connectivity index is 1.10. The maximum absolute atomic E-state index is 14.2. The van der Waals surface area contributed by atoms with Crippen molar-refractivity contribution in [3.05, 3.63) is 106 Å². The summed E-state index contributed by atoms with van der Waals surface area (Å²) in [5.41, 5.74) is 5.17. The lowest BCUT2D eigenvalue weighted by Crippen LogP contribution is -2.48. The van der Waals surface area contributed by atoms with Crippen molar-refractivity contribution in [2.45, 2.75) is 57.1 Å². The minimum Gasteiger partial charge on any atom is -0.508 e. The van der Waals surface area contributed by atoms with Crippen molar-refractivity contribution in [2.75, 3.05) is 19.7 Å². The number of hydrogen-bond acceptors (Lipinski definition) is 8. The third-order valence-electron chi connectivity index (χ3n) is 10.7. The second-order valence-electron chi connectivity index (χ2n) is 13.6. The molecule has 0 bridgehead atoms. The van der Waals surface area contributed by atoms with Crippen LogP contribution in [0.15, 0.2) is 84.1 Å². The Morgan fingerprint density at radius 1 is 1.02 bits per heavy atom. The Labute approximate surface area is 292 Å². The smallest absolute Gasteiger partial charge is 0.455 e. The van der Waals surface area contributed by atoms with Gasteiger partial charge in [0.1, 0.15) is 5.75 Å². The number of phenols is 1. The number of piperidine rings is 1. The first-order valence-electron chi connectivity index (χ1n) is 17.2. The molecular weight excluding hydrogens is 641 g/mol. The molecule has 1 aromatic heterocycles. The summed E-state index contributed by atoms with van der Waals surface area (Å²) in [5, 5.41) is 31.9. The van der Waals surface area contributed by atoms with Crippen LogP contribution in [0.25, 0.3) is 11.6 Å². The minimum absolute atomic E-state index is 0.0725. The molecule has 3 fully saturated rings. The number of aliphatic hydroxyl groups excluding tert-OH is 1. The van der Waals surface area contributed by atoms with Gasteiger partial charge < -0.3 is 19.9 Å². The molecule has 3 N–H and O–H groups in total. The van der Waals surface area contributed by atoms with E-state index in [2.05, 4.69) is 22.0 Å². The maximum Gasteiger partial charge on any atom is 0.455 e. The number of rotatable bonds is 9. The van der Waals surface area contributed by atoms with Gasteiger partial charge in [0.05, 0.1) is 35.3 Å². The van der Waals surface area contributed by atoms with Gasteiger partial charge in [0.25, 0.3) is 0 Å². The number of aliphatic hydroxyl groups is 1. The van der Waals surface area contributed by atoms with E-state index < -0.39 is 31.0 Å². The molecule has 1 aliphatic carbocycles. The largest absolute Gasteiger partial charge is 0.508 e. The van der Waals surface area contributed by atoms with E-state index in [-0.39, 0.29) is 36.5 Å². The lowest BCUT2D eigenvalue weighted by molar-refractivity contribution is -0.144. The standard InChI is InChI=1S/C38H41BClN3O6/c40-32-20-29(45)11-9-25(32)18-26(33-8-4-5-15-41-33)10-12-34-35-27(23-44)19-30-36(31(35)21-39(48)49-34)38(47)43(37(30)46)28-13-16-42(17-14-28)22-24-6-2-1-3-7-24/h1-9,11,15,18,20,28,30-31,34,36,44-45,48H,10,12-14,16-17,19,21-23H2/b26-18-/t30-,31+,34-,36-/m1/s1. The summed E-state index contributed by atoms with van der Waals surface area (Å²) in [6, 6.07) is 20.6. The average Bonchev–Trinajstić information content (AvgIpc) is 3.36. The highest BCUT2D eigenvalue weighted by atomic mass is 35.5. The van der Waals surface area contributed by atoms with Gasteiger partial charge in [-0.05, 0) is 109 Å². The topological polar surface area (TPSA) is 123 Å². The SMILES string of the molecule is O=C1[C@@H]2[C@@H](CC(CO)=C3[C@@H](CC/C(=C/c4ccc(O)cc4Cl)c4ccccn4)OB(O)C[C@@H]32)C(=O)N1C1CCN(Cc2ccccc2)CC1. The van der Waals surface area contributed by atoms with Crippen LogP contribution in [0.1, 0.15) is 48.9 Å². The minimum atomic E-state index is -1.11. The third kappa shape index (κ3) is 6.98. The number of hydrogen-bond donors (Lipinski definition) is 3. The van der Waals surface area contributed by atoms with Gasteiger partial charge in [0.2, 0.25) is 11.8 Å². The van der Waals surface area contributed by atoms with Crippen molar-refractivity contribution in [3.63, 3.8) is 0 Å². The maximum atomic E-state index is 14.2. The highest BCUT2D eigenvalue weighted by Gasteiger charge is 2.58. The lowest BCUT2D eigenvalue weighted by Gasteiger charge is -2.43. The monoisotopic (exact) mass is 681 g/mol.